The van der Waals surface area contributed by atoms with Crippen molar-refractivity contribution in [1.82, 2.24) is 15.2 Å². The van der Waals surface area contributed by atoms with Gasteiger partial charge in [0.05, 0.1) is 6.26 Å². The molecule has 0 saturated carbocycles. The van der Waals surface area contributed by atoms with E-state index < -0.39 is 10.0 Å². The van der Waals surface area contributed by atoms with Gasteiger partial charge in [0.1, 0.15) is 0 Å². The van der Waals surface area contributed by atoms with Crippen LogP contribution in [0.4, 0.5) is 5.69 Å². The predicted molar refractivity (Wildman–Crippen MR) is 212 cm³/mol. The number of benzene rings is 3. The maximum atomic E-state index is 13.9. The van der Waals surface area contributed by atoms with E-state index >= 15 is 0 Å². The van der Waals surface area contributed by atoms with E-state index in [4.69, 9.17) is 0 Å². The van der Waals surface area contributed by atoms with Gasteiger partial charge < -0.3 is 15.2 Å². The van der Waals surface area contributed by atoms with Gasteiger partial charge in [0, 0.05) is 40.9 Å². The highest BCUT2D eigenvalue weighted by molar-refractivity contribution is 7.92. The topological polar surface area (TPSA) is 94.3 Å². The molecule has 8 heteroatoms. The standard InChI is InChI=1S/C42H60N4O3S/c1-28(2)26-46(27-29(3)4)42(47)33-15-18-40-39(25-33)38(41(44-40)36-23-34(30(5)6)22-35(24-36)31(7)8)19-21-43-20-11-10-12-32-13-16-37(17-14-32)45-50(9,48)49/h13-18,22-25,28-31,43-45H,10-12,19-21,26-27H2,1-9H3. The number of unbranched alkanes of at least 4 members (excludes halogenated alkanes) is 1. The first-order chi connectivity index (χ1) is 23.6. The molecule has 272 valence electrons. The molecule has 4 rings (SSSR count). The van der Waals surface area contributed by atoms with Crippen LogP contribution in [0.15, 0.2) is 60.7 Å². The molecule has 0 spiro atoms. The second kappa shape index (κ2) is 17.5. The van der Waals surface area contributed by atoms with E-state index in [1.54, 1.807) is 0 Å². The highest BCUT2D eigenvalue weighted by atomic mass is 32.2. The zero-order chi connectivity index (χ0) is 36.6. The minimum Gasteiger partial charge on any atom is -0.354 e. The molecule has 0 bridgehead atoms. The number of rotatable bonds is 18. The van der Waals surface area contributed by atoms with E-state index in [1.807, 2.05) is 35.2 Å². The van der Waals surface area contributed by atoms with Gasteiger partial charge in [-0.05, 0) is 133 Å². The normalized spacial score (nSPS) is 12.2. The fraction of sp³-hybridized carbons (Fsp3) is 0.500. The molecule has 0 aliphatic carbocycles. The first-order valence-electron chi connectivity index (χ1n) is 18.5. The number of aryl methyl sites for hydroxylation is 1. The van der Waals surface area contributed by atoms with Crippen molar-refractivity contribution < 1.29 is 13.2 Å². The molecule has 0 fully saturated rings. The Morgan fingerprint density at radius 1 is 0.760 bits per heavy atom. The first kappa shape index (κ1) is 39.2. The number of sulfonamides is 1. The molecule has 3 aromatic carbocycles. The summed E-state index contributed by atoms with van der Waals surface area (Å²) >= 11 is 0. The summed E-state index contributed by atoms with van der Waals surface area (Å²) in [5, 5.41) is 4.80. The molecule has 0 saturated heterocycles. The average molecular weight is 701 g/mol. The maximum absolute atomic E-state index is 13.9. The Morgan fingerprint density at radius 3 is 1.94 bits per heavy atom. The number of hydrogen-bond acceptors (Lipinski definition) is 4. The van der Waals surface area contributed by atoms with Gasteiger partial charge in [-0.25, -0.2) is 8.42 Å². The molecule has 0 radical (unpaired) electrons. The molecule has 0 atom stereocenters. The first-order valence-corrected chi connectivity index (χ1v) is 20.4. The van der Waals surface area contributed by atoms with E-state index in [2.05, 4.69) is 101 Å². The van der Waals surface area contributed by atoms with Gasteiger partial charge in [-0.15, -0.1) is 0 Å². The van der Waals surface area contributed by atoms with Gasteiger partial charge in [0.2, 0.25) is 10.0 Å². The Labute approximate surface area is 301 Å². The molecule has 4 aromatic rings. The monoisotopic (exact) mass is 700 g/mol. The van der Waals surface area contributed by atoms with Crippen LogP contribution in [0.3, 0.4) is 0 Å². The van der Waals surface area contributed by atoms with Crippen LogP contribution in [0.5, 0.6) is 0 Å². The third kappa shape index (κ3) is 11.2. The minimum atomic E-state index is -3.27. The van der Waals surface area contributed by atoms with Gasteiger partial charge in [0.15, 0.2) is 0 Å². The number of carbonyl (C=O) groups is 1. The Hall–Kier alpha value is -3.62. The van der Waals surface area contributed by atoms with Gasteiger partial charge in [0.25, 0.3) is 5.91 Å². The van der Waals surface area contributed by atoms with Crippen molar-refractivity contribution in [2.75, 3.05) is 37.2 Å². The summed E-state index contributed by atoms with van der Waals surface area (Å²) in [4.78, 5) is 19.7. The second-order valence-corrected chi connectivity index (χ2v) is 17.2. The van der Waals surface area contributed by atoms with Gasteiger partial charge >= 0.3 is 0 Å². The van der Waals surface area contributed by atoms with Crippen molar-refractivity contribution in [3.05, 3.63) is 88.5 Å². The third-order valence-corrected chi connectivity index (χ3v) is 9.70. The van der Waals surface area contributed by atoms with Crippen LogP contribution >= 0.6 is 0 Å². The van der Waals surface area contributed by atoms with Crippen molar-refractivity contribution in [2.24, 2.45) is 11.8 Å². The van der Waals surface area contributed by atoms with Crippen LogP contribution < -0.4 is 10.0 Å². The van der Waals surface area contributed by atoms with Gasteiger partial charge in [-0.1, -0.05) is 73.6 Å². The smallest absolute Gasteiger partial charge is 0.253 e. The lowest BCUT2D eigenvalue weighted by Crippen LogP contribution is -2.37. The van der Waals surface area contributed by atoms with Crippen molar-refractivity contribution in [3.8, 4) is 11.3 Å². The number of nitrogens with zero attached hydrogens (tertiary/aromatic N) is 1. The number of fused-ring (bicyclic) bond motifs is 1. The van der Waals surface area contributed by atoms with Crippen LogP contribution in [0.25, 0.3) is 22.2 Å². The summed E-state index contributed by atoms with van der Waals surface area (Å²) in [5.41, 5.74) is 9.87. The summed E-state index contributed by atoms with van der Waals surface area (Å²) in [5.74, 6) is 1.74. The lowest BCUT2D eigenvalue weighted by Gasteiger charge is -2.26. The number of aromatic nitrogens is 1. The molecule has 0 aliphatic rings. The number of H-pyrrole nitrogens is 1. The number of hydrogen-bond donors (Lipinski definition) is 3. The van der Waals surface area contributed by atoms with E-state index in [0.29, 0.717) is 29.4 Å². The van der Waals surface area contributed by atoms with Gasteiger partial charge in [-0.2, -0.15) is 0 Å². The zero-order valence-electron chi connectivity index (χ0n) is 31.8. The fourth-order valence-electron chi connectivity index (χ4n) is 6.55. The molecule has 3 N–H and O–H groups in total. The van der Waals surface area contributed by atoms with E-state index in [-0.39, 0.29) is 5.91 Å². The molecule has 1 heterocycles. The Kier molecular flexibility index (Phi) is 13.7. The van der Waals surface area contributed by atoms with Crippen LogP contribution in [0.1, 0.15) is 113 Å². The molecular weight excluding hydrogens is 641 g/mol. The van der Waals surface area contributed by atoms with E-state index in [0.717, 1.165) is 80.3 Å². The summed E-state index contributed by atoms with van der Waals surface area (Å²) in [6.07, 6.45) is 5.03. The molecule has 1 amide bonds. The summed E-state index contributed by atoms with van der Waals surface area (Å²) in [6, 6.07) is 20.8. The molecule has 50 heavy (non-hydrogen) atoms. The average Bonchev–Trinajstić information content (AvgIpc) is 3.40. The number of aromatic amines is 1. The Balaban J connectivity index is 1.54. The number of anilines is 1. The highest BCUT2D eigenvalue weighted by Gasteiger charge is 2.21. The molecule has 7 nitrogen and oxygen atoms in total. The van der Waals surface area contributed by atoms with E-state index in [9.17, 15) is 13.2 Å². The van der Waals surface area contributed by atoms with Crippen LogP contribution in [0, 0.1) is 11.8 Å². The third-order valence-electron chi connectivity index (χ3n) is 9.09. The number of amides is 1. The van der Waals surface area contributed by atoms with Gasteiger partial charge in [-0.3, -0.25) is 9.52 Å². The van der Waals surface area contributed by atoms with Crippen molar-refractivity contribution in [2.45, 2.75) is 92.9 Å². The van der Waals surface area contributed by atoms with Crippen molar-refractivity contribution in [1.29, 1.82) is 0 Å². The molecular formula is C42H60N4O3S. The molecule has 0 aliphatic heterocycles. The number of carbonyl (C=O) groups excluding carboxylic acids is 1. The SMILES string of the molecule is CC(C)CN(CC(C)C)C(=O)c1ccc2[nH]c(-c3cc(C(C)C)cc(C(C)C)c3)c(CCNCCCCc3ccc(NS(C)(=O)=O)cc3)c2c1. The predicted octanol–water partition coefficient (Wildman–Crippen LogP) is 9.36. The molecule has 1 aromatic heterocycles. The molecule has 0 unspecified atom stereocenters. The van der Waals surface area contributed by atoms with E-state index in [1.165, 1.54) is 27.8 Å². The largest absolute Gasteiger partial charge is 0.354 e. The van der Waals surface area contributed by atoms with Crippen LogP contribution in [-0.4, -0.2) is 56.6 Å². The van der Waals surface area contributed by atoms with Crippen LogP contribution in [0.2, 0.25) is 0 Å². The summed E-state index contributed by atoms with van der Waals surface area (Å²) < 4.78 is 25.5. The van der Waals surface area contributed by atoms with Crippen molar-refractivity contribution in [3.63, 3.8) is 0 Å². The quantitative estimate of drug-likeness (QED) is 0.0902. The number of nitrogens with one attached hydrogen (secondary N) is 3. The Morgan fingerprint density at radius 2 is 1.38 bits per heavy atom. The summed E-state index contributed by atoms with van der Waals surface area (Å²) in [7, 11) is -3.27. The second-order valence-electron chi connectivity index (χ2n) is 15.5. The zero-order valence-corrected chi connectivity index (χ0v) is 32.6. The van der Waals surface area contributed by atoms with Crippen molar-refractivity contribution >= 4 is 32.5 Å². The fourth-order valence-corrected chi connectivity index (χ4v) is 7.11. The highest BCUT2D eigenvalue weighted by Crippen LogP contribution is 2.35. The lowest BCUT2D eigenvalue weighted by molar-refractivity contribution is 0.0715. The van der Waals surface area contributed by atoms with Crippen LogP contribution in [-0.2, 0) is 22.9 Å². The summed E-state index contributed by atoms with van der Waals surface area (Å²) in [6.45, 7) is 20.9. The minimum absolute atomic E-state index is 0.103. The maximum Gasteiger partial charge on any atom is 0.253 e. The lowest BCUT2D eigenvalue weighted by atomic mass is 9.91. The Bertz CT molecular complexity index is 1790.